The maximum absolute atomic E-state index is 12.5. The molecule has 0 bridgehead atoms. The maximum Gasteiger partial charge on any atom is 0.224 e. The van der Waals surface area contributed by atoms with Gasteiger partial charge in [0.2, 0.25) is 15.9 Å². The van der Waals surface area contributed by atoms with Crippen LogP contribution < -0.4 is 10.1 Å². The van der Waals surface area contributed by atoms with E-state index in [1.54, 1.807) is 0 Å². The Kier molecular flexibility index (Phi) is 6.19. The summed E-state index contributed by atoms with van der Waals surface area (Å²) in [5, 5.41) is 3.02. The summed E-state index contributed by atoms with van der Waals surface area (Å²) in [4.78, 5) is 12.5. The summed E-state index contributed by atoms with van der Waals surface area (Å²) < 4.78 is 31.8. The predicted octanol–water partition coefficient (Wildman–Crippen LogP) is 1.81. The van der Waals surface area contributed by atoms with Crippen molar-refractivity contribution in [2.24, 2.45) is 11.8 Å². The number of ether oxygens (including phenoxy) is 1. The van der Waals surface area contributed by atoms with E-state index in [0.717, 1.165) is 25.0 Å². The zero-order valence-electron chi connectivity index (χ0n) is 15.3. The third-order valence-electron chi connectivity index (χ3n) is 5.13. The van der Waals surface area contributed by atoms with Crippen LogP contribution in [0.2, 0.25) is 0 Å². The Balaban J connectivity index is 1.51. The van der Waals surface area contributed by atoms with E-state index >= 15 is 0 Å². The molecule has 1 saturated heterocycles. The van der Waals surface area contributed by atoms with Gasteiger partial charge in [-0.05, 0) is 37.3 Å². The zero-order valence-corrected chi connectivity index (χ0v) is 16.1. The van der Waals surface area contributed by atoms with Gasteiger partial charge in [0.15, 0.2) is 0 Å². The summed E-state index contributed by atoms with van der Waals surface area (Å²) in [5.41, 5.74) is 1.17. The van der Waals surface area contributed by atoms with Gasteiger partial charge in [-0.25, -0.2) is 12.7 Å². The first-order chi connectivity index (χ1) is 12.5. The van der Waals surface area contributed by atoms with E-state index in [-0.39, 0.29) is 23.5 Å². The predicted molar refractivity (Wildman–Crippen MR) is 101 cm³/mol. The Labute approximate surface area is 156 Å². The molecular formula is C19H28N2O4S. The molecule has 0 saturated carbocycles. The summed E-state index contributed by atoms with van der Waals surface area (Å²) >= 11 is 0. The molecule has 2 heterocycles. The standard InChI is InChI=1S/C19H28N2O4S/c1-2-10-26(23,24)21-9-5-7-17(13-21)19(22)20-12-15-11-16-6-3-4-8-18(16)25-14-15/h3-4,6,8,15,17H,2,5,7,9-14H2,1H3,(H,20,22)/t15-,17+/m1/s1. The Morgan fingerprint density at radius 2 is 2.15 bits per heavy atom. The quantitative estimate of drug-likeness (QED) is 0.817. The molecule has 3 rings (SSSR count). The number of amides is 1. The molecule has 1 fully saturated rings. The van der Waals surface area contributed by atoms with Crippen LogP contribution in [0.3, 0.4) is 0 Å². The molecule has 0 radical (unpaired) electrons. The van der Waals surface area contributed by atoms with Crippen LogP contribution in [0.4, 0.5) is 0 Å². The summed E-state index contributed by atoms with van der Waals surface area (Å²) in [5.74, 6) is 1.03. The molecule has 1 aromatic rings. The lowest BCUT2D eigenvalue weighted by Crippen LogP contribution is -2.47. The molecule has 0 spiro atoms. The fraction of sp³-hybridized carbons (Fsp3) is 0.632. The molecule has 0 unspecified atom stereocenters. The van der Waals surface area contributed by atoms with Crippen molar-refractivity contribution in [3.63, 3.8) is 0 Å². The number of carbonyl (C=O) groups is 1. The highest BCUT2D eigenvalue weighted by Gasteiger charge is 2.32. The van der Waals surface area contributed by atoms with Gasteiger partial charge in [-0.2, -0.15) is 0 Å². The van der Waals surface area contributed by atoms with Crippen LogP contribution in [0.15, 0.2) is 24.3 Å². The zero-order chi connectivity index (χ0) is 18.6. The van der Waals surface area contributed by atoms with Crippen molar-refractivity contribution in [3.05, 3.63) is 29.8 Å². The number of carbonyl (C=O) groups excluding carboxylic acids is 1. The summed E-state index contributed by atoms with van der Waals surface area (Å²) in [6.45, 7) is 3.85. The van der Waals surface area contributed by atoms with Crippen molar-refractivity contribution < 1.29 is 17.9 Å². The average molecular weight is 381 g/mol. The van der Waals surface area contributed by atoms with Crippen molar-refractivity contribution in [3.8, 4) is 5.75 Å². The van der Waals surface area contributed by atoms with Crippen LogP contribution >= 0.6 is 0 Å². The van der Waals surface area contributed by atoms with Crippen LogP contribution in [-0.4, -0.2) is 50.6 Å². The van der Waals surface area contributed by atoms with Crippen LogP contribution in [0.25, 0.3) is 0 Å². The number of hydrogen-bond donors (Lipinski definition) is 1. The van der Waals surface area contributed by atoms with E-state index in [1.807, 2.05) is 25.1 Å². The third-order valence-corrected chi connectivity index (χ3v) is 7.17. The van der Waals surface area contributed by atoms with Gasteiger partial charge < -0.3 is 10.1 Å². The minimum atomic E-state index is -3.24. The number of rotatable bonds is 6. The molecule has 6 nitrogen and oxygen atoms in total. The fourth-order valence-corrected chi connectivity index (χ4v) is 5.30. The first-order valence-electron chi connectivity index (χ1n) is 9.46. The molecule has 144 valence electrons. The van der Waals surface area contributed by atoms with Gasteiger partial charge in [0, 0.05) is 25.6 Å². The van der Waals surface area contributed by atoms with Crippen LogP contribution in [0.5, 0.6) is 5.75 Å². The third kappa shape index (κ3) is 4.57. The molecule has 1 aromatic carbocycles. The molecular weight excluding hydrogens is 352 g/mol. The number of fused-ring (bicyclic) bond motifs is 1. The lowest BCUT2D eigenvalue weighted by Gasteiger charge is -2.32. The number of piperidine rings is 1. The lowest BCUT2D eigenvalue weighted by molar-refractivity contribution is -0.126. The maximum atomic E-state index is 12.5. The summed E-state index contributed by atoms with van der Waals surface area (Å²) in [6.07, 6.45) is 2.96. The molecule has 2 aliphatic heterocycles. The van der Waals surface area contributed by atoms with Gasteiger partial charge in [0.25, 0.3) is 0 Å². The molecule has 0 aliphatic carbocycles. The number of sulfonamides is 1. The largest absolute Gasteiger partial charge is 0.493 e. The number of para-hydroxylation sites is 1. The summed E-state index contributed by atoms with van der Waals surface area (Å²) in [6, 6.07) is 7.98. The molecule has 1 N–H and O–H groups in total. The van der Waals surface area contributed by atoms with E-state index in [4.69, 9.17) is 4.74 Å². The second kappa shape index (κ2) is 8.39. The average Bonchev–Trinajstić information content (AvgIpc) is 2.66. The smallest absolute Gasteiger partial charge is 0.224 e. The number of hydrogen-bond acceptors (Lipinski definition) is 4. The van der Waals surface area contributed by atoms with E-state index in [1.165, 1.54) is 9.87 Å². The van der Waals surface area contributed by atoms with Crippen LogP contribution in [0.1, 0.15) is 31.7 Å². The molecule has 2 atom stereocenters. The van der Waals surface area contributed by atoms with Gasteiger partial charge in [0.05, 0.1) is 18.3 Å². The molecule has 1 amide bonds. The molecule has 7 heteroatoms. The molecule has 2 aliphatic rings. The van der Waals surface area contributed by atoms with E-state index in [2.05, 4.69) is 11.4 Å². The second-order valence-electron chi connectivity index (χ2n) is 7.25. The highest BCUT2D eigenvalue weighted by atomic mass is 32.2. The Bertz CT molecular complexity index is 735. The molecule has 26 heavy (non-hydrogen) atoms. The second-order valence-corrected chi connectivity index (χ2v) is 9.34. The summed E-state index contributed by atoms with van der Waals surface area (Å²) in [7, 11) is -3.24. The van der Waals surface area contributed by atoms with Crippen LogP contribution in [0, 0.1) is 11.8 Å². The topological polar surface area (TPSA) is 75.7 Å². The van der Waals surface area contributed by atoms with E-state index < -0.39 is 10.0 Å². The number of nitrogens with one attached hydrogen (secondary N) is 1. The van der Waals surface area contributed by atoms with E-state index in [0.29, 0.717) is 32.7 Å². The number of nitrogens with zero attached hydrogens (tertiary/aromatic N) is 1. The molecule has 0 aromatic heterocycles. The Morgan fingerprint density at radius 3 is 2.96 bits per heavy atom. The fourth-order valence-electron chi connectivity index (χ4n) is 3.71. The first kappa shape index (κ1) is 19.2. The minimum absolute atomic E-state index is 0.0414. The van der Waals surface area contributed by atoms with Crippen molar-refractivity contribution in [1.82, 2.24) is 9.62 Å². The van der Waals surface area contributed by atoms with Gasteiger partial charge >= 0.3 is 0 Å². The van der Waals surface area contributed by atoms with Crippen molar-refractivity contribution in [2.75, 3.05) is 32.0 Å². The Morgan fingerprint density at radius 1 is 1.35 bits per heavy atom. The minimum Gasteiger partial charge on any atom is -0.493 e. The normalized spacial score (nSPS) is 23.7. The van der Waals surface area contributed by atoms with Crippen LogP contribution in [-0.2, 0) is 21.2 Å². The van der Waals surface area contributed by atoms with Crippen molar-refractivity contribution in [2.45, 2.75) is 32.6 Å². The highest BCUT2D eigenvalue weighted by molar-refractivity contribution is 7.89. The lowest BCUT2D eigenvalue weighted by atomic mass is 9.95. The van der Waals surface area contributed by atoms with Gasteiger partial charge in [-0.1, -0.05) is 25.1 Å². The first-order valence-corrected chi connectivity index (χ1v) is 11.1. The SMILES string of the molecule is CCCS(=O)(=O)N1CCC[C@H](C(=O)NC[C@@H]2COc3ccccc3C2)C1. The van der Waals surface area contributed by atoms with Crippen molar-refractivity contribution >= 4 is 15.9 Å². The number of benzene rings is 1. The van der Waals surface area contributed by atoms with Gasteiger partial charge in [-0.3, -0.25) is 4.79 Å². The highest BCUT2D eigenvalue weighted by Crippen LogP contribution is 2.26. The van der Waals surface area contributed by atoms with Crippen molar-refractivity contribution in [1.29, 1.82) is 0 Å². The van der Waals surface area contributed by atoms with E-state index in [9.17, 15) is 13.2 Å². The van der Waals surface area contributed by atoms with Gasteiger partial charge in [-0.15, -0.1) is 0 Å². The van der Waals surface area contributed by atoms with Gasteiger partial charge in [0.1, 0.15) is 5.75 Å². The monoisotopic (exact) mass is 380 g/mol. The Hall–Kier alpha value is -1.60.